The molecule has 4 nitrogen and oxygen atoms in total. The Kier molecular flexibility index (Phi) is 5.44. The van der Waals surface area contributed by atoms with Crippen molar-refractivity contribution >= 4 is 21.8 Å². The number of hydrogen-bond acceptors (Lipinski definition) is 3. The first-order chi connectivity index (χ1) is 10.5. The number of nitrogens with zero attached hydrogens (tertiary/aromatic N) is 1. The molecule has 0 fully saturated rings. The Bertz CT molecular complexity index is 655. The standard InChI is InChI=1S/C17H18BrNO3/c1-19(17(20)13-5-7-14(18)8-6-13)11-12-4-9-15(21-2)16(10-12)22-3/h4-10H,11H2,1-3H3. The van der Waals surface area contributed by atoms with Gasteiger partial charge in [-0.25, -0.2) is 0 Å². The van der Waals surface area contributed by atoms with Crippen LogP contribution in [-0.4, -0.2) is 32.1 Å². The van der Waals surface area contributed by atoms with Crippen molar-refractivity contribution in [3.05, 3.63) is 58.1 Å². The lowest BCUT2D eigenvalue weighted by atomic mass is 10.1. The molecule has 0 heterocycles. The first kappa shape index (κ1) is 16.4. The van der Waals surface area contributed by atoms with Gasteiger partial charge in [-0.2, -0.15) is 0 Å². The monoisotopic (exact) mass is 363 g/mol. The molecule has 5 heteroatoms. The highest BCUT2D eigenvalue weighted by Gasteiger charge is 2.13. The van der Waals surface area contributed by atoms with Crippen LogP contribution in [0.5, 0.6) is 11.5 Å². The molecule has 0 saturated heterocycles. The maximum absolute atomic E-state index is 12.4. The van der Waals surface area contributed by atoms with Crippen LogP contribution in [0.15, 0.2) is 46.9 Å². The maximum Gasteiger partial charge on any atom is 0.253 e. The summed E-state index contributed by atoms with van der Waals surface area (Å²) in [4.78, 5) is 14.1. The summed E-state index contributed by atoms with van der Waals surface area (Å²) in [6.07, 6.45) is 0. The number of rotatable bonds is 5. The zero-order valence-electron chi connectivity index (χ0n) is 12.8. The van der Waals surface area contributed by atoms with Crippen LogP contribution in [0.2, 0.25) is 0 Å². The molecule has 0 unspecified atom stereocenters. The number of methoxy groups -OCH3 is 2. The first-order valence-electron chi connectivity index (χ1n) is 6.77. The summed E-state index contributed by atoms with van der Waals surface area (Å²) < 4.78 is 11.4. The van der Waals surface area contributed by atoms with Gasteiger partial charge in [-0.1, -0.05) is 22.0 Å². The van der Waals surface area contributed by atoms with Gasteiger partial charge in [-0.05, 0) is 42.0 Å². The van der Waals surface area contributed by atoms with Crippen molar-refractivity contribution in [2.45, 2.75) is 6.54 Å². The molecule has 0 aliphatic carbocycles. The van der Waals surface area contributed by atoms with Crippen molar-refractivity contribution in [2.75, 3.05) is 21.3 Å². The molecule has 0 radical (unpaired) electrons. The molecule has 1 amide bonds. The molecule has 0 aliphatic heterocycles. The van der Waals surface area contributed by atoms with E-state index < -0.39 is 0 Å². The van der Waals surface area contributed by atoms with Gasteiger partial charge in [0.1, 0.15) is 0 Å². The van der Waals surface area contributed by atoms with E-state index in [9.17, 15) is 4.79 Å². The summed E-state index contributed by atoms with van der Waals surface area (Å²) in [5.41, 5.74) is 1.64. The van der Waals surface area contributed by atoms with Gasteiger partial charge in [0.25, 0.3) is 5.91 Å². The van der Waals surface area contributed by atoms with Crippen LogP contribution in [0.1, 0.15) is 15.9 Å². The highest BCUT2D eigenvalue weighted by molar-refractivity contribution is 9.10. The Labute approximate surface area is 138 Å². The van der Waals surface area contributed by atoms with Crippen LogP contribution < -0.4 is 9.47 Å². The molecule has 0 bridgehead atoms. The van der Waals surface area contributed by atoms with Crippen molar-refractivity contribution in [3.8, 4) is 11.5 Å². The number of carbonyl (C=O) groups excluding carboxylic acids is 1. The normalized spacial score (nSPS) is 10.2. The quantitative estimate of drug-likeness (QED) is 0.812. The predicted molar refractivity (Wildman–Crippen MR) is 89.5 cm³/mol. The average molecular weight is 364 g/mol. The average Bonchev–Trinajstić information content (AvgIpc) is 2.54. The number of benzene rings is 2. The van der Waals surface area contributed by atoms with Gasteiger partial charge < -0.3 is 14.4 Å². The SMILES string of the molecule is COc1ccc(CN(C)C(=O)c2ccc(Br)cc2)cc1OC. The van der Waals surface area contributed by atoms with E-state index in [-0.39, 0.29) is 5.91 Å². The van der Waals surface area contributed by atoms with Crippen LogP contribution in [0.4, 0.5) is 0 Å². The van der Waals surface area contributed by atoms with Gasteiger partial charge in [0.05, 0.1) is 14.2 Å². The molecule has 116 valence electrons. The summed E-state index contributed by atoms with van der Waals surface area (Å²) in [6, 6.07) is 13.0. The highest BCUT2D eigenvalue weighted by atomic mass is 79.9. The van der Waals surface area contributed by atoms with Crippen molar-refractivity contribution in [3.63, 3.8) is 0 Å². The number of ether oxygens (including phenoxy) is 2. The second kappa shape index (κ2) is 7.31. The number of hydrogen-bond donors (Lipinski definition) is 0. The van der Waals surface area contributed by atoms with Gasteiger partial charge in [-0.3, -0.25) is 4.79 Å². The summed E-state index contributed by atoms with van der Waals surface area (Å²) >= 11 is 3.36. The van der Waals surface area contributed by atoms with Crippen molar-refractivity contribution < 1.29 is 14.3 Å². The van der Waals surface area contributed by atoms with E-state index in [1.54, 1.807) is 38.3 Å². The molecule has 0 aliphatic rings. The molecule has 22 heavy (non-hydrogen) atoms. The number of amides is 1. The first-order valence-corrected chi connectivity index (χ1v) is 7.56. The third-order valence-electron chi connectivity index (χ3n) is 3.31. The summed E-state index contributed by atoms with van der Waals surface area (Å²) in [6.45, 7) is 0.495. The van der Waals surface area contributed by atoms with E-state index in [1.807, 2.05) is 30.3 Å². The van der Waals surface area contributed by atoms with E-state index >= 15 is 0 Å². The molecular formula is C17H18BrNO3. The molecule has 0 N–H and O–H groups in total. The van der Waals surface area contributed by atoms with E-state index in [2.05, 4.69) is 15.9 Å². The Hall–Kier alpha value is -2.01. The van der Waals surface area contributed by atoms with Gasteiger partial charge >= 0.3 is 0 Å². The Morgan fingerprint density at radius 1 is 1.05 bits per heavy atom. The summed E-state index contributed by atoms with van der Waals surface area (Å²) in [7, 11) is 4.97. The van der Waals surface area contributed by atoms with E-state index in [0.717, 1.165) is 10.0 Å². The topological polar surface area (TPSA) is 38.8 Å². The van der Waals surface area contributed by atoms with Crippen molar-refractivity contribution in [2.24, 2.45) is 0 Å². The molecule has 0 saturated carbocycles. The van der Waals surface area contributed by atoms with Crippen LogP contribution in [0.25, 0.3) is 0 Å². The Morgan fingerprint density at radius 2 is 1.68 bits per heavy atom. The van der Waals surface area contributed by atoms with Crippen LogP contribution >= 0.6 is 15.9 Å². The second-order valence-electron chi connectivity index (χ2n) is 4.86. The fourth-order valence-corrected chi connectivity index (χ4v) is 2.40. The molecule has 2 aromatic carbocycles. The van der Waals surface area contributed by atoms with E-state index in [4.69, 9.17) is 9.47 Å². The third kappa shape index (κ3) is 3.80. The fraction of sp³-hybridized carbons (Fsp3) is 0.235. The molecule has 0 atom stereocenters. The molecular weight excluding hydrogens is 346 g/mol. The molecule has 2 rings (SSSR count). The second-order valence-corrected chi connectivity index (χ2v) is 5.77. The lowest BCUT2D eigenvalue weighted by Crippen LogP contribution is -2.26. The molecule has 2 aromatic rings. The largest absolute Gasteiger partial charge is 0.493 e. The third-order valence-corrected chi connectivity index (χ3v) is 3.83. The van der Waals surface area contributed by atoms with Gasteiger partial charge in [-0.15, -0.1) is 0 Å². The van der Waals surface area contributed by atoms with Gasteiger partial charge in [0.2, 0.25) is 0 Å². The number of carbonyl (C=O) groups is 1. The minimum atomic E-state index is -0.0257. The highest BCUT2D eigenvalue weighted by Crippen LogP contribution is 2.28. The number of halogens is 1. The zero-order chi connectivity index (χ0) is 16.1. The lowest BCUT2D eigenvalue weighted by molar-refractivity contribution is 0.0785. The molecule has 0 spiro atoms. The minimum absolute atomic E-state index is 0.0257. The summed E-state index contributed by atoms with van der Waals surface area (Å²) in [5.74, 6) is 1.31. The van der Waals surface area contributed by atoms with Crippen LogP contribution in [0, 0.1) is 0 Å². The molecule has 0 aromatic heterocycles. The maximum atomic E-state index is 12.4. The van der Waals surface area contributed by atoms with E-state index in [0.29, 0.717) is 23.6 Å². The summed E-state index contributed by atoms with van der Waals surface area (Å²) in [5, 5.41) is 0. The van der Waals surface area contributed by atoms with Gasteiger partial charge in [0, 0.05) is 23.6 Å². The Balaban J connectivity index is 2.12. The van der Waals surface area contributed by atoms with Crippen LogP contribution in [0.3, 0.4) is 0 Å². The Morgan fingerprint density at radius 3 is 2.27 bits per heavy atom. The van der Waals surface area contributed by atoms with Gasteiger partial charge in [0.15, 0.2) is 11.5 Å². The van der Waals surface area contributed by atoms with Crippen molar-refractivity contribution in [1.82, 2.24) is 4.90 Å². The predicted octanol–water partition coefficient (Wildman–Crippen LogP) is 3.74. The van der Waals surface area contributed by atoms with Crippen molar-refractivity contribution in [1.29, 1.82) is 0 Å². The van der Waals surface area contributed by atoms with Crippen LogP contribution in [-0.2, 0) is 6.54 Å². The smallest absolute Gasteiger partial charge is 0.253 e. The lowest BCUT2D eigenvalue weighted by Gasteiger charge is -2.18. The fourth-order valence-electron chi connectivity index (χ4n) is 2.14. The zero-order valence-corrected chi connectivity index (χ0v) is 14.4. The minimum Gasteiger partial charge on any atom is -0.493 e. The van der Waals surface area contributed by atoms with E-state index in [1.165, 1.54) is 0 Å².